The van der Waals surface area contributed by atoms with Crippen molar-refractivity contribution in [2.45, 2.75) is 30.2 Å². The molecule has 120 valence electrons. The average molecular weight is 344 g/mol. The van der Waals surface area contributed by atoms with Gasteiger partial charge in [0.1, 0.15) is 5.75 Å². The van der Waals surface area contributed by atoms with E-state index < -0.39 is 25.9 Å². The number of phenolic OH excluding ortho intramolecular Hbond substituents is 1. The van der Waals surface area contributed by atoms with Crippen LogP contribution in [0.3, 0.4) is 0 Å². The summed E-state index contributed by atoms with van der Waals surface area (Å²) in [5.74, 6) is 0.545. The molecular weight excluding hydrogens is 329 g/mol. The van der Waals surface area contributed by atoms with Gasteiger partial charge in [-0.1, -0.05) is 10.3 Å². The molecule has 0 amide bonds. The Hall–Kier alpha value is -0.930. The molecule has 1 aromatic rings. The molecule has 1 heterocycles. The quantitative estimate of drug-likeness (QED) is 0.853. The second kappa shape index (κ2) is 5.36. The molecule has 1 saturated heterocycles. The minimum atomic E-state index is -5.64. The van der Waals surface area contributed by atoms with Gasteiger partial charge in [0.25, 0.3) is 0 Å². The molecular formula is C12H15F3O4S2. The summed E-state index contributed by atoms with van der Waals surface area (Å²) in [6, 6.07) is 4.29. The van der Waals surface area contributed by atoms with Crippen LogP contribution in [0, 0.1) is 6.92 Å². The Bertz CT molecular complexity index is 634. The van der Waals surface area contributed by atoms with Gasteiger partial charge in [-0.15, -0.1) is 0 Å². The molecule has 0 saturated carbocycles. The summed E-state index contributed by atoms with van der Waals surface area (Å²) in [5, 5.41) is 9.50. The minimum Gasteiger partial charge on any atom is -0.508 e. The maximum atomic E-state index is 12.6. The average Bonchev–Trinajstić information content (AvgIpc) is 2.80. The SMILES string of the molecule is Cc1cc(S2(OS(=O)(=O)C(F)(F)F)CCCC2)ccc1O. The molecule has 2 rings (SSSR count). The van der Waals surface area contributed by atoms with Crippen molar-refractivity contribution in [3.05, 3.63) is 23.8 Å². The fraction of sp³-hybridized carbons (Fsp3) is 0.500. The van der Waals surface area contributed by atoms with Gasteiger partial charge in [0.2, 0.25) is 0 Å². The minimum absolute atomic E-state index is 0.00461. The van der Waals surface area contributed by atoms with E-state index in [1.807, 2.05) is 0 Å². The van der Waals surface area contributed by atoms with Crippen LogP contribution in [0.1, 0.15) is 18.4 Å². The van der Waals surface area contributed by atoms with E-state index in [1.54, 1.807) is 6.92 Å². The van der Waals surface area contributed by atoms with Crippen molar-refractivity contribution >= 4 is 20.4 Å². The Labute approximate surface area is 122 Å². The summed E-state index contributed by atoms with van der Waals surface area (Å²) in [6.45, 7) is 1.60. The number of aromatic hydroxyl groups is 1. The first-order valence-corrected chi connectivity index (χ1v) is 9.49. The lowest BCUT2D eigenvalue weighted by molar-refractivity contribution is -0.0496. The van der Waals surface area contributed by atoms with E-state index in [1.165, 1.54) is 18.2 Å². The Kier molecular flexibility index (Phi) is 4.20. The number of benzene rings is 1. The highest BCUT2D eigenvalue weighted by Gasteiger charge is 2.51. The van der Waals surface area contributed by atoms with Crippen molar-refractivity contribution in [2.75, 3.05) is 11.5 Å². The van der Waals surface area contributed by atoms with Crippen LogP contribution < -0.4 is 0 Å². The van der Waals surface area contributed by atoms with E-state index in [2.05, 4.69) is 3.63 Å². The van der Waals surface area contributed by atoms with Crippen molar-refractivity contribution in [2.24, 2.45) is 0 Å². The van der Waals surface area contributed by atoms with Crippen LogP contribution in [0.4, 0.5) is 13.2 Å². The summed E-state index contributed by atoms with van der Waals surface area (Å²) in [6.07, 6.45) is 1.23. The second-order valence-electron chi connectivity index (χ2n) is 4.84. The summed E-state index contributed by atoms with van der Waals surface area (Å²) < 4.78 is 65.1. The van der Waals surface area contributed by atoms with E-state index in [0.717, 1.165) is 0 Å². The third-order valence-corrected chi connectivity index (χ3v) is 8.63. The van der Waals surface area contributed by atoms with Crippen LogP contribution in [0.15, 0.2) is 23.1 Å². The van der Waals surface area contributed by atoms with Gasteiger partial charge in [0.05, 0.1) is 0 Å². The van der Waals surface area contributed by atoms with Crippen LogP contribution in [0.5, 0.6) is 5.75 Å². The zero-order chi connectivity index (χ0) is 15.9. The number of hydrogen-bond acceptors (Lipinski definition) is 4. The molecule has 0 unspecified atom stereocenters. The van der Waals surface area contributed by atoms with Crippen LogP contribution in [-0.2, 0) is 13.7 Å². The van der Waals surface area contributed by atoms with E-state index >= 15 is 0 Å². The molecule has 1 aliphatic heterocycles. The Balaban J connectivity index is 2.45. The highest BCUT2D eigenvalue weighted by atomic mass is 32.3. The van der Waals surface area contributed by atoms with Gasteiger partial charge in [-0.05, 0) is 43.5 Å². The van der Waals surface area contributed by atoms with Gasteiger partial charge in [0.15, 0.2) is 0 Å². The number of hydrogen-bond donors (Lipinski definition) is 1. The van der Waals surface area contributed by atoms with Crippen molar-refractivity contribution < 1.29 is 30.3 Å². The number of phenols is 1. The lowest BCUT2D eigenvalue weighted by Crippen LogP contribution is -2.27. The van der Waals surface area contributed by atoms with Crippen LogP contribution in [-0.4, -0.2) is 30.5 Å². The van der Waals surface area contributed by atoms with Crippen molar-refractivity contribution in [3.63, 3.8) is 0 Å². The first kappa shape index (κ1) is 16.4. The molecule has 0 spiro atoms. The van der Waals surface area contributed by atoms with E-state index in [9.17, 15) is 26.7 Å². The first-order chi connectivity index (χ1) is 9.57. The molecule has 0 aliphatic carbocycles. The zero-order valence-electron chi connectivity index (χ0n) is 11.2. The molecule has 4 nitrogen and oxygen atoms in total. The lowest BCUT2D eigenvalue weighted by atomic mass is 10.2. The third-order valence-electron chi connectivity index (χ3n) is 3.30. The van der Waals surface area contributed by atoms with Crippen molar-refractivity contribution in [3.8, 4) is 5.75 Å². The number of aryl methyl sites for hydroxylation is 1. The first-order valence-electron chi connectivity index (χ1n) is 6.18. The monoisotopic (exact) mass is 344 g/mol. The van der Waals surface area contributed by atoms with Crippen LogP contribution in [0.25, 0.3) is 0 Å². The number of halogens is 3. The molecule has 0 radical (unpaired) electrons. The zero-order valence-corrected chi connectivity index (χ0v) is 12.8. The Morgan fingerprint density at radius 3 is 2.29 bits per heavy atom. The molecule has 1 aromatic carbocycles. The molecule has 9 heteroatoms. The molecule has 0 aromatic heterocycles. The summed E-state index contributed by atoms with van der Waals surface area (Å²) in [4.78, 5) is 0.420. The van der Waals surface area contributed by atoms with Gasteiger partial charge in [-0.25, -0.2) is 3.63 Å². The Morgan fingerprint density at radius 1 is 1.24 bits per heavy atom. The Morgan fingerprint density at radius 2 is 1.81 bits per heavy atom. The topological polar surface area (TPSA) is 63.6 Å². The molecule has 0 atom stereocenters. The maximum Gasteiger partial charge on any atom is 0.523 e. The summed E-state index contributed by atoms with van der Waals surface area (Å²) >= 11 is 0. The fourth-order valence-electron chi connectivity index (χ4n) is 2.18. The van der Waals surface area contributed by atoms with E-state index in [0.29, 0.717) is 23.3 Å². The predicted molar refractivity (Wildman–Crippen MR) is 73.7 cm³/mol. The number of alkyl halides is 3. The molecule has 0 bridgehead atoms. The van der Waals surface area contributed by atoms with Gasteiger partial charge in [-0.2, -0.15) is 21.6 Å². The fourth-order valence-corrected chi connectivity index (χ4v) is 7.45. The van der Waals surface area contributed by atoms with Gasteiger partial charge in [0, 0.05) is 16.4 Å². The molecule has 21 heavy (non-hydrogen) atoms. The summed E-state index contributed by atoms with van der Waals surface area (Å²) in [7, 11) is -8.18. The number of rotatable bonds is 3. The molecule has 1 N–H and O–H groups in total. The van der Waals surface area contributed by atoms with Gasteiger partial charge >= 0.3 is 15.6 Å². The molecule has 1 aliphatic rings. The van der Waals surface area contributed by atoms with Crippen molar-refractivity contribution in [1.29, 1.82) is 0 Å². The smallest absolute Gasteiger partial charge is 0.508 e. The second-order valence-corrected chi connectivity index (χ2v) is 9.67. The van der Waals surface area contributed by atoms with Gasteiger partial charge in [-0.3, -0.25) is 0 Å². The van der Waals surface area contributed by atoms with E-state index in [4.69, 9.17) is 0 Å². The summed E-state index contributed by atoms with van der Waals surface area (Å²) in [5.41, 5.74) is -4.96. The van der Waals surface area contributed by atoms with Crippen LogP contribution in [0.2, 0.25) is 0 Å². The molecule has 1 fully saturated rings. The predicted octanol–water partition coefficient (Wildman–Crippen LogP) is 3.44. The van der Waals surface area contributed by atoms with Gasteiger partial charge < -0.3 is 5.11 Å². The maximum absolute atomic E-state index is 12.6. The highest BCUT2D eigenvalue weighted by Crippen LogP contribution is 2.63. The lowest BCUT2D eigenvalue weighted by Gasteiger charge is -2.34. The van der Waals surface area contributed by atoms with Crippen LogP contribution >= 0.6 is 10.3 Å². The van der Waals surface area contributed by atoms with E-state index in [-0.39, 0.29) is 17.3 Å². The third kappa shape index (κ3) is 3.14. The highest BCUT2D eigenvalue weighted by molar-refractivity contribution is 8.33. The van der Waals surface area contributed by atoms with Crippen molar-refractivity contribution in [1.82, 2.24) is 0 Å². The standard InChI is InChI=1S/C12H15F3O4S2/c1-9-8-10(4-5-11(9)16)20(6-2-3-7-20)19-21(17,18)12(13,14)15/h4-5,8,16H,2-3,6-7H2,1H3. The normalized spacial score (nSPS) is 20.4. The largest absolute Gasteiger partial charge is 0.523 e.